The number of nitrogens with one attached hydrogen (secondary N) is 1. The van der Waals surface area contributed by atoms with Gasteiger partial charge in [-0.2, -0.15) is 4.98 Å². The van der Waals surface area contributed by atoms with Crippen LogP contribution in [0.2, 0.25) is 0 Å². The molecule has 1 aromatic carbocycles. The first-order valence-corrected chi connectivity index (χ1v) is 12.3. The number of morpholine rings is 1. The zero-order valence-corrected chi connectivity index (χ0v) is 20.0. The molecule has 0 atom stereocenters. The fourth-order valence-corrected chi connectivity index (χ4v) is 4.31. The third kappa shape index (κ3) is 6.58. The van der Waals surface area contributed by atoms with Gasteiger partial charge in [-0.15, -0.1) is 0 Å². The monoisotopic (exact) mass is 477 g/mol. The average Bonchev–Trinajstić information content (AvgIpc) is 2.93. The minimum Gasteiger partial charge on any atom is -0.379 e. The summed E-state index contributed by atoms with van der Waals surface area (Å²) in [5, 5.41) is 3.34. The number of rotatable bonds is 9. The van der Waals surface area contributed by atoms with Gasteiger partial charge < -0.3 is 19.9 Å². The summed E-state index contributed by atoms with van der Waals surface area (Å²) in [4.78, 5) is 29.3. The van der Waals surface area contributed by atoms with Crippen molar-refractivity contribution in [2.45, 2.75) is 13.0 Å². The van der Waals surface area contributed by atoms with Gasteiger partial charge in [0.15, 0.2) is 0 Å². The Morgan fingerprint density at radius 2 is 1.54 bits per heavy atom. The van der Waals surface area contributed by atoms with Gasteiger partial charge in [0.1, 0.15) is 6.33 Å². The van der Waals surface area contributed by atoms with Crippen LogP contribution in [0.3, 0.4) is 0 Å². The first-order valence-electron chi connectivity index (χ1n) is 12.3. The van der Waals surface area contributed by atoms with Crippen molar-refractivity contribution in [2.75, 3.05) is 80.7 Å². The SMILES string of the molecule is c1ccc(C[n+]2cnc(N3CCN(c4ncnc(NCCCN5CCOCC5)n4)CC3)nc2)cc1. The Kier molecular flexibility index (Phi) is 7.86. The predicted molar refractivity (Wildman–Crippen MR) is 132 cm³/mol. The molecule has 0 unspecified atom stereocenters. The van der Waals surface area contributed by atoms with E-state index in [1.807, 2.05) is 35.4 Å². The van der Waals surface area contributed by atoms with Gasteiger partial charge in [-0.1, -0.05) is 40.3 Å². The van der Waals surface area contributed by atoms with Crippen molar-refractivity contribution in [3.8, 4) is 0 Å². The standard InChI is InChI=1S/C24H33N10O/c1-2-5-21(6-3-1)17-32-19-28-23(29-20-32)33-9-11-34(12-10-33)24-27-18-26-22(30-24)25-7-4-8-31-13-15-35-16-14-31/h1-3,5-6,18-20H,4,7-17H2,(H,25,26,27,30)/q+1. The number of ether oxygens (including phenoxy) is 1. The lowest BCUT2D eigenvalue weighted by atomic mass is 10.2. The lowest BCUT2D eigenvalue weighted by Gasteiger charge is -2.32. The van der Waals surface area contributed by atoms with Gasteiger partial charge >= 0.3 is 5.95 Å². The Balaban J connectivity index is 1.08. The van der Waals surface area contributed by atoms with Gasteiger partial charge in [-0.05, 0) is 18.5 Å². The molecule has 3 aromatic rings. The van der Waals surface area contributed by atoms with E-state index >= 15 is 0 Å². The minimum absolute atomic E-state index is 0.633. The second kappa shape index (κ2) is 11.8. The summed E-state index contributed by atoms with van der Waals surface area (Å²) in [5.74, 6) is 2.10. The van der Waals surface area contributed by atoms with Crippen molar-refractivity contribution in [1.82, 2.24) is 29.8 Å². The molecule has 1 N–H and O–H groups in total. The van der Waals surface area contributed by atoms with Crippen LogP contribution >= 0.6 is 0 Å². The molecule has 0 bridgehead atoms. The molecule has 2 aliphatic heterocycles. The third-order valence-electron chi connectivity index (χ3n) is 6.29. The van der Waals surface area contributed by atoms with Crippen LogP contribution in [0.15, 0.2) is 49.3 Å². The summed E-state index contributed by atoms with van der Waals surface area (Å²) in [6, 6.07) is 10.3. The van der Waals surface area contributed by atoms with E-state index < -0.39 is 0 Å². The Morgan fingerprint density at radius 3 is 2.29 bits per heavy atom. The molecule has 2 aromatic heterocycles. The van der Waals surface area contributed by atoms with Crippen LogP contribution in [0, 0.1) is 0 Å². The zero-order chi connectivity index (χ0) is 23.7. The maximum Gasteiger partial charge on any atom is 0.377 e. The highest BCUT2D eigenvalue weighted by molar-refractivity contribution is 5.39. The molecule has 2 fully saturated rings. The molecular weight excluding hydrogens is 444 g/mol. The van der Waals surface area contributed by atoms with Crippen LogP contribution in [0.5, 0.6) is 0 Å². The van der Waals surface area contributed by atoms with Gasteiger partial charge in [0.25, 0.3) is 0 Å². The van der Waals surface area contributed by atoms with E-state index in [-0.39, 0.29) is 0 Å². The number of hydrogen-bond donors (Lipinski definition) is 1. The molecule has 35 heavy (non-hydrogen) atoms. The molecule has 184 valence electrons. The first kappa shape index (κ1) is 23.3. The summed E-state index contributed by atoms with van der Waals surface area (Å²) in [5.41, 5.74) is 1.23. The van der Waals surface area contributed by atoms with E-state index in [4.69, 9.17) is 4.74 Å². The Bertz CT molecular complexity index is 1040. The van der Waals surface area contributed by atoms with Crippen molar-refractivity contribution >= 4 is 17.8 Å². The molecule has 2 saturated heterocycles. The summed E-state index contributed by atoms with van der Waals surface area (Å²) in [7, 11) is 0. The number of aromatic nitrogens is 6. The van der Waals surface area contributed by atoms with Crippen LogP contribution in [0.25, 0.3) is 0 Å². The summed E-state index contributed by atoms with van der Waals surface area (Å²) < 4.78 is 7.40. The smallest absolute Gasteiger partial charge is 0.377 e. The second-order valence-electron chi connectivity index (χ2n) is 8.76. The molecule has 4 heterocycles. The van der Waals surface area contributed by atoms with Gasteiger partial charge in [-0.25, -0.2) is 14.5 Å². The Morgan fingerprint density at radius 1 is 0.829 bits per heavy atom. The lowest BCUT2D eigenvalue weighted by Crippen LogP contribution is -2.48. The molecule has 2 aliphatic rings. The van der Waals surface area contributed by atoms with Crippen molar-refractivity contribution in [2.24, 2.45) is 0 Å². The molecule has 0 amide bonds. The quantitative estimate of drug-likeness (QED) is 0.346. The largest absolute Gasteiger partial charge is 0.379 e. The lowest BCUT2D eigenvalue weighted by molar-refractivity contribution is -0.694. The number of piperazine rings is 1. The van der Waals surface area contributed by atoms with E-state index in [0.717, 1.165) is 84.5 Å². The van der Waals surface area contributed by atoms with Crippen molar-refractivity contribution in [3.63, 3.8) is 0 Å². The zero-order valence-electron chi connectivity index (χ0n) is 20.0. The molecule has 5 rings (SSSR count). The van der Waals surface area contributed by atoms with Gasteiger partial charge in [0.05, 0.1) is 19.8 Å². The van der Waals surface area contributed by atoms with E-state index in [0.29, 0.717) is 11.9 Å². The molecule has 0 aliphatic carbocycles. The van der Waals surface area contributed by atoms with Crippen molar-refractivity contribution < 1.29 is 9.30 Å². The van der Waals surface area contributed by atoms with E-state index in [9.17, 15) is 0 Å². The minimum atomic E-state index is 0.633. The Labute approximate surface area is 205 Å². The number of hydrogen-bond acceptors (Lipinski definition) is 10. The number of anilines is 3. The van der Waals surface area contributed by atoms with Gasteiger partial charge in [0.2, 0.25) is 24.6 Å². The highest BCUT2D eigenvalue weighted by atomic mass is 16.5. The molecule has 11 heteroatoms. The molecule has 0 saturated carbocycles. The molecular formula is C24H33N10O+. The normalized spacial score (nSPS) is 16.9. The third-order valence-corrected chi connectivity index (χ3v) is 6.29. The van der Waals surface area contributed by atoms with E-state index in [2.05, 4.69) is 57.1 Å². The van der Waals surface area contributed by atoms with Crippen LogP contribution in [0.1, 0.15) is 12.0 Å². The summed E-state index contributed by atoms with van der Waals surface area (Å²) in [6.45, 7) is 9.61. The fraction of sp³-hybridized carbons (Fsp3) is 0.500. The van der Waals surface area contributed by atoms with Crippen LogP contribution in [-0.2, 0) is 11.3 Å². The molecule has 0 radical (unpaired) electrons. The van der Waals surface area contributed by atoms with E-state index in [1.54, 1.807) is 6.33 Å². The van der Waals surface area contributed by atoms with E-state index in [1.165, 1.54) is 5.56 Å². The van der Waals surface area contributed by atoms with Gasteiger partial charge in [0, 0.05) is 45.8 Å². The average molecular weight is 478 g/mol. The van der Waals surface area contributed by atoms with Crippen LogP contribution in [-0.4, -0.2) is 95.4 Å². The van der Waals surface area contributed by atoms with Crippen molar-refractivity contribution in [1.29, 1.82) is 0 Å². The summed E-state index contributed by atoms with van der Waals surface area (Å²) in [6.07, 6.45) is 6.34. The second-order valence-corrected chi connectivity index (χ2v) is 8.76. The predicted octanol–water partition coefficient (Wildman–Crippen LogP) is 0.458. The van der Waals surface area contributed by atoms with Crippen LogP contribution < -0.4 is 19.7 Å². The summed E-state index contributed by atoms with van der Waals surface area (Å²) >= 11 is 0. The number of nitrogens with zero attached hydrogens (tertiary/aromatic N) is 9. The molecule has 11 nitrogen and oxygen atoms in total. The van der Waals surface area contributed by atoms with Crippen LogP contribution in [0.4, 0.5) is 17.8 Å². The Hall–Kier alpha value is -3.44. The fourth-order valence-electron chi connectivity index (χ4n) is 4.31. The first-order chi connectivity index (χ1) is 17.3. The topological polar surface area (TPSA) is 99.3 Å². The number of benzene rings is 1. The highest BCUT2D eigenvalue weighted by Crippen LogP contribution is 2.14. The van der Waals surface area contributed by atoms with Gasteiger partial charge in [-0.3, -0.25) is 4.90 Å². The maximum absolute atomic E-state index is 5.40. The highest BCUT2D eigenvalue weighted by Gasteiger charge is 2.24. The van der Waals surface area contributed by atoms with Crippen molar-refractivity contribution in [3.05, 3.63) is 54.9 Å². The maximum atomic E-state index is 5.40. The molecule has 0 spiro atoms.